The highest BCUT2D eigenvalue weighted by Gasteiger charge is 2.31. The van der Waals surface area contributed by atoms with Crippen LogP contribution in [0.4, 0.5) is 0 Å². The lowest BCUT2D eigenvalue weighted by Gasteiger charge is -2.32. The molecule has 0 unspecified atom stereocenters. The second-order valence-corrected chi connectivity index (χ2v) is 8.38. The first kappa shape index (κ1) is 18.9. The molecular weight excluding hydrogens is 328 g/mol. The lowest BCUT2D eigenvalue weighted by atomic mass is 10.1. The van der Waals surface area contributed by atoms with Crippen LogP contribution in [0.1, 0.15) is 49.0 Å². The average molecular weight is 354 g/mol. The molecule has 1 amide bonds. The summed E-state index contributed by atoms with van der Waals surface area (Å²) in [4.78, 5) is 12.5. The Balaban J connectivity index is 2.34. The van der Waals surface area contributed by atoms with Gasteiger partial charge < -0.3 is 10.4 Å². The number of nitrogens with one attached hydrogen (secondary N) is 1. The molecule has 1 aromatic carbocycles. The fourth-order valence-corrected chi connectivity index (χ4v) is 4.64. The largest absolute Gasteiger partial charge is 0.394 e. The van der Waals surface area contributed by atoms with Gasteiger partial charge in [0.1, 0.15) is 0 Å². The Kier molecular flexibility index (Phi) is 6.01. The number of piperidine rings is 1. The molecule has 134 valence electrons. The van der Waals surface area contributed by atoms with Crippen molar-refractivity contribution in [3.8, 4) is 0 Å². The molecule has 1 aromatic rings. The summed E-state index contributed by atoms with van der Waals surface area (Å²) in [5.41, 5.74) is 1.02. The molecule has 2 atom stereocenters. The van der Waals surface area contributed by atoms with Crippen LogP contribution in [-0.4, -0.2) is 49.0 Å². The fraction of sp³-hybridized carbons (Fsp3) is 0.588. The number of rotatable bonds is 5. The Hall–Kier alpha value is -1.44. The van der Waals surface area contributed by atoms with Gasteiger partial charge in [-0.15, -0.1) is 0 Å². The molecule has 2 N–H and O–H groups in total. The van der Waals surface area contributed by atoms with Gasteiger partial charge in [-0.2, -0.15) is 4.31 Å². The van der Waals surface area contributed by atoms with E-state index in [9.17, 15) is 13.2 Å². The summed E-state index contributed by atoms with van der Waals surface area (Å²) in [6, 6.07) is 4.22. The Labute approximate surface area is 143 Å². The van der Waals surface area contributed by atoms with E-state index in [2.05, 4.69) is 5.32 Å². The number of hydrogen-bond acceptors (Lipinski definition) is 4. The van der Waals surface area contributed by atoms with Crippen LogP contribution in [-0.2, 0) is 10.0 Å². The van der Waals surface area contributed by atoms with Gasteiger partial charge in [-0.05, 0) is 51.3 Å². The van der Waals surface area contributed by atoms with E-state index in [1.165, 1.54) is 10.4 Å². The molecule has 2 rings (SSSR count). The highest BCUT2D eigenvalue weighted by Crippen LogP contribution is 2.26. The quantitative estimate of drug-likeness (QED) is 0.842. The summed E-state index contributed by atoms with van der Waals surface area (Å²) in [6.45, 7) is 5.71. The number of aryl methyl sites for hydroxylation is 1. The smallest absolute Gasteiger partial charge is 0.251 e. The molecule has 0 bridgehead atoms. The van der Waals surface area contributed by atoms with E-state index in [4.69, 9.17) is 5.11 Å². The van der Waals surface area contributed by atoms with Gasteiger partial charge in [-0.3, -0.25) is 4.79 Å². The highest BCUT2D eigenvalue weighted by atomic mass is 32.2. The van der Waals surface area contributed by atoms with Crippen LogP contribution in [0.25, 0.3) is 0 Å². The van der Waals surface area contributed by atoms with Crippen LogP contribution in [0.15, 0.2) is 23.1 Å². The zero-order chi connectivity index (χ0) is 17.9. The standard InChI is InChI=1S/C17H26N2O4S/c1-12-7-8-15(10-16(12)17(21)18-13(2)11-20)24(22,23)19-9-5-4-6-14(19)3/h7-8,10,13-14,20H,4-6,9,11H2,1-3H3,(H,18,21)/t13-,14-/m0/s1. The van der Waals surface area contributed by atoms with Gasteiger partial charge in [0.05, 0.1) is 11.5 Å². The maximum atomic E-state index is 12.9. The van der Waals surface area contributed by atoms with E-state index in [1.807, 2.05) is 6.92 Å². The van der Waals surface area contributed by atoms with E-state index in [-0.39, 0.29) is 29.5 Å². The van der Waals surface area contributed by atoms with Gasteiger partial charge in [0.15, 0.2) is 0 Å². The van der Waals surface area contributed by atoms with E-state index < -0.39 is 10.0 Å². The molecule has 1 aliphatic rings. The van der Waals surface area contributed by atoms with Gasteiger partial charge in [0.2, 0.25) is 10.0 Å². The third-order valence-corrected chi connectivity index (χ3v) is 6.46. The van der Waals surface area contributed by atoms with Gasteiger partial charge in [0.25, 0.3) is 5.91 Å². The number of aliphatic hydroxyl groups is 1. The van der Waals surface area contributed by atoms with Crippen LogP contribution >= 0.6 is 0 Å². The summed E-state index contributed by atoms with van der Waals surface area (Å²) in [7, 11) is -3.61. The first-order chi connectivity index (χ1) is 11.3. The Morgan fingerprint density at radius 2 is 2.12 bits per heavy atom. The van der Waals surface area contributed by atoms with Crippen molar-refractivity contribution in [2.45, 2.75) is 57.0 Å². The second kappa shape index (κ2) is 7.63. The second-order valence-electron chi connectivity index (χ2n) is 6.49. The molecule has 1 heterocycles. The van der Waals surface area contributed by atoms with Gasteiger partial charge in [-0.1, -0.05) is 12.5 Å². The molecule has 1 saturated heterocycles. The van der Waals surface area contributed by atoms with Crippen LogP contribution in [0.2, 0.25) is 0 Å². The fourth-order valence-electron chi connectivity index (χ4n) is 2.92. The van der Waals surface area contributed by atoms with Crippen molar-refractivity contribution < 1.29 is 18.3 Å². The Morgan fingerprint density at radius 1 is 1.42 bits per heavy atom. The molecule has 0 saturated carbocycles. The minimum atomic E-state index is -3.61. The third-order valence-electron chi connectivity index (χ3n) is 4.45. The molecule has 1 aliphatic heterocycles. The van der Waals surface area contributed by atoms with Crippen LogP contribution in [0.5, 0.6) is 0 Å². The maximum Gasteiger partial charge on any atom is 0.251 e. The minimum Gasteiger partial charge on any atom is -0.394 e. The number of amides is 1. The number of hydrogen-bond donors (Lipinski definition) is 2. The maximum absolute atomic E-state index is 12.9. The van der Waals surface area contributed by atoms with E-state index >= 15 is 0 Å². The summed E-state index contributed by atoms with van der Waals surface area (Å²) in [5.74, 6) is -0.377. The molecule has 0 radical (unpaired) electrons. The van der Waals surface area contributed by atoms with Crippen molar-refractivity contribution >= 4 is 15.9 Å². The summed E-state index contributed by atoms with van der Waals surface area (Å²) < 4.78 is 27.4. The topological polar surface area (TPSA) is 86.7 Å². The molecule has 6 nitrogen and oxygen atoms in total. The molecular formula is C17H26N2O4S. The van der Waals surface area contributed by atoms with E-state index in [0.717, 1.165) is 19.3 Å². The summed E-state index contributed by atoms with van der Waals surface area (Å²) in [5, 5.41) is 11.7. The van der Waals surface area contributed by atoms with Gasteiger partial charge in [-0.25, -0.2) is 8.42 Å². The zero-order valence-electron chi connectivity index (χ0n) is 14.4. The van der Waals surface area contributed by atoms with Crippen molar-refractivity contribution in [2.75, 3.05) is 13.2 Å². The number of benzene rings is 1. The van der Waals surface area contributed by atoms with Gasteiger partial charge in [0, 0.05) is 24.2 Å². The molecule has 0 aromatic heterocycles. The monoisotopic (exact) mass is 354 g/mol. The third kappa shape index (κ3) is 3.96. The molecule has 1 fully saturated rings. The number of sulfonamides is 1. The van der Waals surface area contributed by atoms with Crippen LogP contribution in [0.3, 0.4) is 0 Å². The van der Waals surface area contributed by atoms with Crippen molar-refractivity contribution in [1.82, 2.24) is 9.62 Å². The number of nitrogens with zero attached hydrogens (tertiary/aromatic N) is 1. The lowest BCUT2D eigenvalue weighted by molar-refractivity contribution is 0.0921. The number of carbonyl (C=O) groups excluding carboxylic acids is 1. The Bertz CT molecular complexity index is 703. The molecule has 24 heavy (non-hydrogen) atoms. The highest BCUT2D eigenvalue weighted by molar-refractivity contribution is 7.89. The molecule has 7 heteroatoms. The van der Waals surface area contributed by atoms with Crippen LogP contribution < -0.4 is 5.32 Å². The van der Waals surface area contributed by atoms with Crippen molar-refractivity contribution in [2.24, 2.45) is 0 Å². The first-order valence-corrected chi connectivity index (χ1v) is 9.75. The van der Waals surface area contributed by atoms with Crippen LogP contribution in [0, 0.1) is 6.92 Å². The van der Waals surface area contributed by atoms with E-state index in [1.54, 1.807) is 26.0 Å². The first-order valence-electron chi connectivity index (χ1n) is 8.31. The van der Waals surface area contributed by atoms with Gasteiger partial charge >= 0.3 is 0 Å². The van der Waals surface area contributed by atoms with Crippen molar-refractivity contribution in [3.63, 3.8) is 0 Å². The normalized spacial score (nSPS) is 20.6. The number of carbonyl (C=O) groups is 1. The minimum absolute atomic E-state index is 0.0308. The van der Waals surface area contributed by atoms with Crippen molar-refractivity contribution in [3.05, 3.63) is 29.3 Å². The summed E-state index contributed by atoms with van der Waals surface area (Å²) >= 11 is 0. The Morgan fingerprint density at radius 3 is 2.75 bits per heavy atom. The predicted octanol–water partition coefficient (Wildman–Crippen LogP) is 1.67. The van der Waals surface area contributed by atoms with E-state index in [0.29, 0.717) is 17.7 Å². The lowest BCUT2D eigenvalue weighted by Crippen LogP contribution is -2.42. The number of aliphatic hydroxyl groups excluding tert-OH is 1. The van der Waals surface area contributed by atoms with Crippen molar-refractivity contribution in [1.29, 1.82) is 0 Å². The zero-order valence-corrected chi connectivity index (χ0v) is 15.3. The average Bonchev–Trinajstić information content (AvgIpc) is 2.55. The predicted molar refractivity (Wildman–Crippen MR) is 92.4 cm³/mol. The molecule has 0 aliphatic carbocycles. The SMILES string of the molecule is Cc1ccc(S(=O)(=O)N2CCCC[C@@H]2C)cc1C(=O)N[C@@H](C)CO. The summed E-state index contributed by atoms with van der Waals surface area (Å²) in [6.07, 6.45) is 2.75. The molecule has 0 spiro atoms.